The molecule has 1 aromatic rings. The molecule has 0 radical (unpaired) electrons. The van der Waals surface area contributed by atoms with E-state index in [1.807, 2.05) is 6.92 Å². The third kappa shape index (κ3) is 3.92. The van der Waals surface area contributed by atoms with Crippen molar-refractivity contribution in [3.8, 4) is 0 Å². The first kappa shape index (κ1) is 10.0. The van der Waals surface area contributed by atoms with Gasteiger partial charge in [-0.2, -0.15) is 13.2 Å². The van der Waals surface area contributed by atoms with Gasteiger partial charge in [-0.1, -0.05) is 0 Å². The summed E-state index contributed by atoms with van der Waals surface area (Å²) in [4.78, 5) is 3.84. The van der Waals surface area contributed by atoms with Crippen LogP contribution in [-0.2, 0) is 6.42 Å². The number of pyridine rings is 1. The zero-order valence-corrected chi connectivity index (χ0v) is 7.23. The lowest BCUT2D eigenvalue weighted by molar-refractivity contribution is -0.134. The molecule has 13 heavy (non-hydrogen) atoms. The molecule has 4 heteroatoms. The van der Waals surface area contributed by atoms with Crippen LogP contribution in [0.25, 0.3) is 0 Å². The maximum atomic E-state index is 11.8. The topological polar surface area (TPSA) is 12.9 Å². The summed E-state index contributed by atoms with van der Waals surface area (Å²) in [5, 5.41) is 0. The van der Waals surface area contributed by atoms with Gasteiger partial charge in [-0.15, -0.1) is 0 Å². The van der Waals surface area contributed by atoms with Crippen molar-refractivity contribution in [2.45, 2.75) is 25.9 Å². The summed E-state index contributed by atoms with van der Waals surface area (Å²) in [6.45, 7) is 1.83. The van der Waals surface area contributed by atoms with Crippen LogP contribution in [0.3, 0.4) is 0 Å². The summed E-state index contributed by atoms with van der Waals surface area (Å²) < 4.78 is 35.4. The molecule has 0 aliphatic heterocycles. The van der Waals surface area contributed by atoms with E-state index in [4.69, 9.17) is 0 Å². The van der Waals surface area contributed by atoms with E-state index in [-0.39, 0.29) is 6.42 Å². The smallest absolute Gasteiger partial charge is 0.261 e. The molecule has 0 fully saturated rings. The van der Waals surface area contributed by atoms with Gasteiger partial charge in [-0.05, 0) is 31.0 Å². The monoisotopic (exact) mass is 189 g/mol. The van der Waals surface area contributed by atoms with Gasteiger partial charge >= 0.3 is 6.18 Å². The Kier molecular flexibility index (Phi) is 2.90. The Balaban J connectivity index is 2.55. The lowest BCUT2D eigenvalue weighted by atomic mass is 10.2. The Bertz CT molecular complexity index is 280. The second-order valence-electron chi connectivity index (χ2n) is 2.94. The second kappa shape index (κ2) is 3.77. The highest BCUT2D eigenvalue weighted by atomic mass is 19.4. The zero-order chi connectivity index (χ0) is 9.90. The van der Waals surface area contributed by atoms with Gasteiger partial charge in [0.1, 0.15) is 0 Å². The normalized spacial score (nSPS) is 11.7. The van der Waals surface area contributed by atoms with Crippen LogP contribution in [0, 0.1) is 6.92 Å². The van der Waals surface area contributed by atoms with Crippen LogP contribution >= 0.6 is 0 Å². The summed E-state index contributed by atoms with van der Waals surface area (Å²) in [6.07, 6.45) is -3.40. The molecule has 0 saturated carbocycles. The quantitative estimate of drug-likeness (QED) is 0.697. The van der Waals surface area contributed by atoms with Gasteiger partial charge in [-0.3, -0.25) is 4.98 Å². The SMILES string of the molecule is Cc1ccnc(CCC(F)(F)F)c1. The van der Waals surface area contributed by atoms with Crippen molar-refractivity contribution in [1.29, 1.82) is 0 Å². The first-order valence-corrected chi connectivity index (χ1v) is 3.96. The highest BCUT2D eigenvalue weighted by Gasteiger charge is 2.26. The minimum absolute atomic E-state index is 0.0365. The van der Waals surface area contributed by atoms with E-state index in [0.29, 0.717) is 5.69 Å². The Morgan fingerprint density at radius 3 is 2.62 bits per heavy atom. The number of hydrogen-bond donors (Lipinski definition) is 0. The molecule has 0 spiro atoms. The number of rotatable bonds is 2. The molecular weight excluding hydrogens is 179 g/mol. The van der Waals surface area contributed by atoms with E-state index < -0.39 is 12.6 Å². The Morgan fingerprint density at radius 1 is 1.38 bits per heavy atom. The minimum Gasteiger partial charge on any atom is -0.261 e. The number of halogens is 3. The second-order valence-corrected chi connectivity index (χ2v) is 2.94. The third-order valence-electron chi connectivity index (χ3n) is 1.64. The summed E-state index contributed by atoms with van der Waals surface area (Å²) in [7, 11) is 0. The predicted molar refractivity (Wildman–Crippen MR) is 43.4 cm³/mol. The van der Waals surface area contributed by atoms with Crippen LogP contribution in [0.1, 0.15) is 17.7 Å². The average molecular weight is 189 g/mol. The summed E-state index contributed by atoms with van der Waals surface area (Å²) in [5.74, 6) is 0. The number of aromatic nitrogens is 1. The Hall–Kier alpha value is -1.06. The molecule has 0 aliphatic carbocycles. The number of hydrogen-bond acceptors (Lipinski definition) is 1. The Labute approximate surface area is 74.6 Å². The lowest BCUT2D eigenvalue weighted by Gasteiger charge is -2.05. The van der Waals surface area contributed by atoms with E-state index >= 15 is 0 Å². The molecule has 1 aromatic heterocycles. The predicted octanol–water partition coefficient (Wildman–Crippen LogP) is 2.88. The molecule has 0 atom stereocenters. The lowest BCUT2D eigenvalue weighted by Crippen LogP contribution is -2.09. The van der Waals surface area contributed by atoms with Crippen molar-refractivity contribution in [1.82, 2.24) is 4.98 Å². The van der Waals surface area contributed by atoms with E-state index in [1.54, 1.807) is 12.1 Å². The molecule has 0 saturated heterocycles. The van der Waals surface area contributed by atoms with Gasteiger partial charge in [-0.25, -0.2) is 0 Å². The summed E-state index contributed by atoms with van der Waals surface area (Å²) >= 11 is 0. The molecule has 1 heterocycles. The molecule has 0 N–H and O–H groups in total. The van der Waals surface area contributed by atoms with Crippen LogP contribution in [-0.4, -0.2) is 11.2 Å². The molecule has 0 amide bonds. The first-order chi connectivity index (χ1) is 5.97. The van der Waals surface area contributed by atoms with Gasteiger partial charge < -0.3 is 0 Å². The fourth-order valence-corrected chi connectivity index (χ4v) is 1.01. The van der Waals surface area contributed by atoms with Crippen molar-refractivity contribution in [3.63, 3.8) is 0 Å². The molecule has 1 nitrogen and oxygen atoms in total. The average Bonchev–Trinajstić information content (AvgIpc) is 2.00. The van der Waals surface area contributed by atoms with Crippen molar-refractivity contribution in [2.75, 3.05) is 0 Å². The Morgan fingerprint density at radius 2 is 2.08 bits per heavy atom. The van der Waals surface area contributed by atoms with Crippen molar-refractivity contribution in [2.24, 2.45) is 0 Å². The van der Waals surface area contributed by atoms with Crippen LogP contribution in [0.2, 0.25) is 0 Å². The minimum atomic E-state index is -4.09. The molecule has 1 rings (SSSR count). The van der Waals surface area contributed by atoms with E-state index in [0.717, 1.165) is 5.56 Å². The molecule has 0 unspecified atom stereocenters. The van der Waals surface area contributed by atoms with Crippen molar-refractivity contribution < 1.29 is 13.2 Å². The van der Waals surface area contributed by atoms with Crippen LogP contribution in [0.4, 0.5) is 13.2 Å². The zero-order valence-electron chi connectivity index (χ0n) is 7.23. The first-order valence-electron chi connectivity index (χ1n) is 3.96. The maximum Gasteiger partial charge on any atom is 0.389 e. The molecular formula is C9H10F3N. The van der Waals surface area contributed by atoms with Gasteiger partial charge in [0.15, 0.2) is 0 Å². The van der Waals surface area contributed by atoms with Crippen LogP contribution in [0.15, 0.2) is 18.3 Å². The van der Waals surface area contributed by atoms with Crippen molar-refractivity contribution in [3.05, 3.63) is 29.6 Å². The third-order valence-corrected chi connectivity index (χ3v) is 1.64. The van der Waals surface area contributed by atoms with Crippen molar-refractivity contribution >= 4 is 0 Å². The van der Waals surface area contributed by atoms with Crippen LogP contribution < -0.4 is 0 Å². The fourth-order valence-electron chi connectivity index (χ4n) is 1.01. The molecule has 0 bridgehead atoms. The summed E-state index contributed by atoms with van der Waals surface area (Å²) in [6, 6.07) is 3.43. The van der Waals surface area contributed by atoms with E-state index in [2.05, 4.69) is 4.98 Å². The van der Waals surface area contributed by atoms with Gasteiger partial charge in [0.05, 0.1) is 0 Å². The highest BCUT2D eigenvalue weighted by Crippen LogP contribution is 2.21. The fraction of sp³-hybridized carbons (Fsp3) is 0.444. The maximum absolute atomic E-state index is 11.8. The molecule has 0 aromatic carbocycles. The largest absolute Gasteiger partial charge is 0.389 e. The standard InChI is InChI=1S/C9H10F3N/c1-7-3-5-13-8(6-7)2-4-9(10,11)12/h3,5-6H,2,4H2,1H3. The summed E-state index contributed by atoms with van der Waals surface area (Å²) in [5.41, 5.74) is 1.43. The molecule has 0 aliphatic rings. The van der Waals surface area contributed by atoms with Crippen LogP contribution in [0.5, 0.6) is 0 Å². The number of alkyl halides is 3. The van der Waals surface area contributed by atoms with Gasteiger partial charge in [0, 0.05) is 18.3 Å². The van der Waals surface area contributed by atoms with E-state index in [1.165, 1.54) is 6.20 Å². The number of aryl methyl sites for hydroxylation is 2. The molecule has 72 valence electrons. The number of nitrogens with zero attached hydrogens (tertiary/aromatic N) is 1. The highest BCUT2D eigenvalue weighted by molar-refractivity contribution is 5.14. The van der Waals surface area contributed by atoms with Gasteiger partial charge in [0.2, 0.25) is 0 Å². The van der Waals surface area contributed by atoms with E-state index in [9.17, 15) is 13.2 Å². The van der Waals surface area contributed by atoms with Gasteiger partial charge in [0.25, 0.3) is 0 Å².